The molecule has 0 aliphatic rings. The van der Waals surface area contributed by atoms with Gasteiger partial charge < -0.3 is 9.13 Å². The molecule has 156 valence electrons. The predicted molar refractivity (Wildman–Crippen MR) is 101 cm³/mol. The molecular formula is C18H19F3N4O3S. The van der Waals surface area contributed by atoms with Crippen LogP contribution in [0, 0.1) is 0 Å². The largest absolute Gasteiger partial charge is 0.417 e. The molecule has 0 saturated carbocycles. The molecule has 0 amide bonds. The van der Waals surface area contributed by atoms with E-state index >= 15 is 0 Å². The van der Waals surface area contributed by atoms with Gasteiger partial charge in [-0.3, -0.25) is 4.79 Å². The number of rotatable bonds is 6. The van der Waals surface area contributed by atoms with Crippen molar-refractivity contribution in [3.63, 3.8) is 0 Å². The van der Waals surface area contributed by atoms with Gasteiger partial charge in [-0.2, -0.15) is 13.2 Å². The van der Waals surface area contributed by atoms with Gasteiger partial charge in [-0.25, -0.2) is 18.5 Å². The van der Waals surface area contributed by atoms with Crippen molar-refractivity contribution in [3.8, 4) is 0 Å². The molecule has 0 atom stereocenters. The Morgan fingerprint density at radius 1 is 1.17 bits per heavy atom. The van der Waals surface area contributed by atoms with Gasteiger partial charge in [0.15, 0.2) is 0 Å². The predicted octanol–water partition coefficient (Wildman–Crippen LogP) is 2.71. The summed E-state index contributed by atoms with van der Waals surface area (Å²) in [6.07, 6.45) is -2.20. The summed E-state index contributed by atoms with van der Waals surface area (Å²) in [4.78, 5) is 16.3. The molecular weight excluding hydrogens is 409 g/mol. The highest BCUT2D eigenvalue weighted by atomic mass is 32.2. The topological polar surface area (TPSA) is 100.0 Å². The average Bonchev–Trinajstić information content (AvgIpc) is 2.96. The Balaban J connectivity index is 2.12. The van der Waals surface area contributed by atoms with E-state index in [1.54, 1.807) is 10.6 Å². The maximum absolute atomic E-state index is 13.0. The zero-order chi connectivity index (χ0) is 21.4. The number of alkyl halides is 3. The number of fused-ring (bicyclic) bond motifs is 1. The highest BCUT2D eigenvalue weighted by molar-refractivity contribution is 7.89. The van der Waals surface area contributed by atoms with Crippen molar-refractivity contribution in [1.29, 1.82) is 0 Å². The van der Waals surface area contributed by atoms with Crippen molar-refractivity contribution >= 4 is 21.1 Å². The Kier molecular flexibility index (Phi) is 5.54. The number of benzene rings is 1. The number of hydrogen-bond acceptors (Lipinski definition) is 4. The number of hydrogen-bond donors (Lipinski definition) is 1. The average molecular weight is 428 g/mol. The third kappa shape index (κ3) is 4.51. The molecule has 0 aliphatic carbocycles. The van der Waals surface area contributed by atoms with E-state index in [1.165, 1.54) is 12.1 Å². The van der Waals surface area contributed by atoms with Crippen LogP contribution in [0.3, 0.4) is 0 Å². The summed E-state index contributed by atoms with van der Waals surface area (Å²) in [6, 6.07) is 5.81. The summed E-state index contributed by atoms with van der Waals surface area (Å²) in [6.45, 7) is 2.31. The van der Waals surface area contributed by atoms with Crippen LogP contribution in [0.15, 0.2) is 46.2 Å². The molecule has 0 unspecified atom stereocenters. The van der Waals surface area contributed by atoms with Gasteiger partial charge in [0, 0.05) is 18.8 Å². The van der Waals surface area contributed by atoms with Gasteiger partial charge in [-0.05, 0) is 30.7 Å². The van der Waals surface area contributed by atoms with Gasteiger partial charge in [0.05, 0.1) is 28.0 Å². The minimum absolute atomic E-state index is 0.118. The van der Waals surface area contributed by atoms with Gasteiger partial charge in [0.2, 0.25) is 10.0 Å². The normalized spacial score (nSPS) is 12.6. The highest BCUT2D eigenvalue weighted by Gasteiger charge is 2.31. The Hall–Kier alpha value is -2.66. The number of sulfonamides is 1. The molecule has 0 spiro atoms. The molecule has 2 N–H and O–H groups in total. The van der Waals surface area contributed by atoms with Crippen LogP contribution in [-0.4, -0.2) is 22.5 Å². The lowest BCUT2D eigenvalue weighted by Crippen LogP contribution is -2.23. The Bertz CT molecular complexity index is 1210. The van der Waals surface area contributed by atoms with Gasteiger partial charge in [0.1, 0.15) is 5.82 Å². The maximum atomic E-state index is 13.0. The van der Waals surface area contributed by atoms with E-state index in [0.717, 1.165) is 35.7 Å². The summed E-state index contributed by atoms with van der Waals surface area (Å²) < 4.78 is 64.9. The van der Waals surface area contributed by atoms with E-state index in [4.69, 9.17) is 5.14 Å². The monoisotopic (exact) mass is 428 g/mol. The summed E-state index contributed by atoms with van der Waals surface area (Å²) >= 11 is 0. The molecule has 0 saturated heterocycles. The zero-order valence-electron chi connectivity index (χ0n) is 15.5. The summed E-state index contributed by atoms with van der Waals surface area (Å²) in [5.41, 5.74) is -0.592. The fraction of sp³-hybridized carbons (Fsp3) is 0.333. The molecule has 7 nitrogen and oxygen atoms in total. The molecule has 0 fully saturated rings. The van der Waals surface area contributed by atoms with Crippen molar-refractivity contribution in [1.82, 2.24) is 14.1 Å². The highest BCUT2D eigenvalue weighted by Crippen LogP contribution is 2.28. The van der Waals surface area contributed by atoms with Crippen LogP contribution in [0.1, 0.15) is 31.2 Å². The van der Waals surface area contributed by atoms with Crippen molar-refractivity contribution in [2.24, 2.45) is 5.14 Å². The van der Waals surface area contributed by atoms with Gasteiger partial charge >= 0.3 is 6.18 Å². The van der Waals surface area contributed by atoms with Crippen LogP contribution < -0.4 is 10.7 Å². The molecule has 3 rings (SSSR count). The molecule has 29 heavy (non-hydrogen) atoms. The van der Waals surface area contributed by atoms with E-state index in [-0.39, 0.29) is 11.4 Å². The Labute approximate surface area is 164 Å². The number of halogens is 3. The molecule has 2 heterocycles. The van der Waals surface area contributed by atoms with E-state index in [1.807, 2.05) is 6.92 Å². The summed E-state index contributed by atoms with van der Waals surface area (Å²) in [5.74, 6) is 0.349. The molecule has 2 aromatic heterocycles. The van der Waals surface area contributed by atoms with Crippen LogP contribution >= 0.6 is 0 Å². The van der Waals surface area contributed by atoms with Crippen molar-refractivity contribution < 1.29 is 21.6 Å². The number of imidazole rings is 1. The fourth-order valence-electron chi connectivity index (χ4n) is 3.00. The van der Waals surface area contributed by atoms with Crippen molar-refractivity contribution in [2.75, 3.05) is 0 Å². The van der Waals surface area contributed by atoms with E-state index < -0.39 is 27.3 Å². The maximum Gasteiger partial charge on any atom is 0.417 e. The first-order valence-electron chi connectivity index (χ1n) is 8.80. The number of unbranched alkanes of at least 4 members (excludes halogenated alkanes) is 1. The fourth-order valence-corrected chi connectivity index (χ4v) is 3.53. The third-order valence-corrected chi connectivity index (χ3v) is 5.40. The quantitative estimate of drug-likeness (QED) is 0.652. The van der Waals surface area contributed by atoms with Crippen molar-refractivity contribution in [3.05, 3.63) is 58.3 Å². The van der Waals surface area contributed by atoms with Crippen LogP contribution in [-0.2, 0) is 29.3 Å². The first-order chi connectivity index (χ1) is 13.5. The molecule has 0 radical (unpaired) electrons. The Morgan fingerprint density at radius 3 is 2.52 bits per heavy atom. The second kappa shape index (κ2) is 7.64. The van der Waals surface area contributed by atoms with Crippen LogP contribution in [0.4, 0.5) is 13.2 Å². The molecule has 3 aromatic rings. The van der Waals surface area contributed by atoms with E-state index in [9.17, 15) is 26.4 Å². The van der Waals surface area contributed by atoms with Gasteiger partial charge in [0.25, 0.3) is 5.56 Å². The molecule has 0 aliphatic heterocycles. The lowest BCUT2D eigenvalue weighted by Gasteiger charge is -2.12. The molecule has 11 heteroatoms. The summed E-state index contributed by atoms with van der Waals surface area (Å²) in [5, 5.41) is 5.16. The van der Waals surface area contributed by atoms with Gasteiger partial charge in [-0.1, -0.05) is 13.3 Å². The first kappa shape index (κ1) is 21.1. The minimum Gasteiger partial charge on any atom is -0.326 e. The number of nitrogens with two attached hydrogens (primary N) is 1. The minimum atomic E-state index is -4.58. The number of pyridine rings is 1. The number of aromatic nitrogens is 3. The molecule has 0 bridgehead atoms. The van der Waals surface area contributed by atoms with Crippen LogP contribution in [0.25, 0.3) is 11.0 Å². The lowest BCUT2D eigenvalue weighted by molar-refractivity contribution is -0.138. The van der Waals surface area contributed by atoms with E-state index in [0.29, 0.717) is 23.4 Å². The first-order valence-corrected chi connectivity index (χ1v) is 10.3. The number of primary sulfonamides is 1. The van der Waals surface area contributed by atoms with E-state index in [2.05, 4.69) is 4.98 Å². The second-order valence-corrected chi connectivity index (χ2v) is 8.17. The standard InChI is InChI=1S/C18H19F3N4O3S/c1-2-3-8-25-15-6-5-13(29(22,27)28)9-14(15)23-16(25)11-24-10-12(18(19,20)21)4-7-17(24)26/h4-7,9-10H,2-3,8,11H2,1H3,(H2,22,27,28). The number of aryl methyl sites for hydroxylation is 1. The van der Waals surface area contributed by atoms with Gasteiger partial charge in [-0.15, -0.1) is 0 Å². The second-order valence-electron chi connectivity index (χ2n) is 6.61. The summed E-state index contributed by atoms with van der Waals surface area (Å²) in [7, 11) is -3.93. The van der Waals surface area contributed by atoms with Crippen molar-refractivity contribution in [2.45, 2.75) is 43.9 Å². The Morgan fingerprint density at radius 2 is 1.90 bits per heavy atom. The van der Waals surface area contributed by atoms with Crippen LogP contribution in [0.2, 0.25) is 0 Å². The smallest absolute Gasteiger partial charge is 0.326 e. The lowest BCUT2D eigenvalue weighted by atomic mass is 10.2. The molecule has 1 aromatic carbocycles. The number of nitrogens with zero attached hydrogens (tertiary/aromatic N) is 3. The SMILES string of the molecule is CCCCn1c(Cn2cc(C(F)(F)F)ccc2=O)nc2cc(S(N)(=O)=O)ccc21. The van der Waals surface area contributed by atoms with Crippen LogP contribution in [0.5, 0.6) is 0 Å². The zero-order valence-corrected chi connectivity index (χ0v) is 16.3. The third-order valence-electron chi connectivity index (χ3n) is 4.49.